The van der Waals surface area contributed by atoms with Crippen LogP contribution in [0.2, 0.25) is 0 Å². The van der Waals surface area contributed by atoms with E-state index in [4.69, 9.17) is 5.73 Å². The van der Waals surface area contributed by atoms with Crippen molar-refractivity contribution >= 4 is 28.4 Å². The van der Waals surface area contributed by atoms with Crippen molar-refractivity contribution in [3.05, 3.63) is 33.5 Å². The molecule has 0 aliphatic heterocycles. The van der Waals surface area contributed by atoms with Crippen LogP contribution in [0.25, 0.3) is 11.1 Å². The molecule has 4 heteroatoms. The predicted octanol–water partition coefficient (Wildman–Crippen LogP) is 2.58. The van der Waals surface area contributed by atoms with Crippen LogP contribution in [0.4, 0.5) is 5.82 Å². The Morgan fingerprint density at radius 2 is 1.87 bits per heavy atom. The summed E-state index contributed by atoms with van der Waals surface area (Å²) in [4.78, 5) is 0. The fourth-order valence-corrected chi connectivity index (χ4v) is 2.01. The second-order valence-corrected chi connectivity index (χ2v) is 4.72. The Hall–Kier alpha value is -1.04. The first-order valence-corrected chi connectivity index (χ1v) is 5.72. The standard InChI is InChI=1S/C11H12IN3/c1-7-10(11(13)15(2)14-7)8-3-5-9(12)6-4-8/h3-6H,13H2,1-2H3. The molecule has 1 aromatic heterocycles. The molecule has 2 aromatic rings. The molecule has 3 nitrogen and oxygen atoms in total. The summed E-state index contributed by atoms with van der Waals surface area (Å²) in [5.74, 6) is 0.716. The molecular weight excluding hydrogens is 301 g/mol. The number of halogens is 1. The van der Waals surface area contributed by atoms with E-state index in [0.717, 1.165) is 16.8 Å². The summed E-state index contributed by atoms with van der Waals surface area (Å²) in [6.07, 6.45) is 0. The Kier molecular flexibility index (Phi) is 2.68. The van der Waals surface area contributed by atoms with Gasteiger partial charge in [0, 0.05) is 16.2 Å². The van der Waals surface area contributed by atoms with E-state index in [2.05, 4.69) is 52.0 Å². The fraction of sp³-hybridized carbons (Fsp3) is 0.182. The SMILES string of the molecule is Cc1nn(C)c(N)c1-c1ccc(I)cc1. The van der Waals surface area contributed by atoms with E-state index in [1.807, 2.05) is 14.0 Å². The lowest BCUT2D eigenvalue weighted by Crippen LogP contribution is -1.97. The molecule has 2 rings (SSSR count). The van der Waals surface area contributed by atoms with Gasteiger partial charge in [-0.1, -0.05) is 12.1 Å². The van der Waals surface area contributed by atoms with Crippen molar-refractivity contribution in [3.63, 3.8) is 0 Å². The van der Waals surface area contributed by atoms with Crippen molar-refractivity contribution < 1.29 is 0 Å². The molecule has 0 amide bonds. The fourth-order valence-electron chi connectivity index (χ4n) is 1.65. The first-order chi connectivity index (χ1) is 7.09. The van der Waals surface area contributed by atoms with E-state index in [9.17, 15) is 0 Å². The van der Waals surface area contributed by atoms with Crippen LogP contribution in [0.5, 0.6) is 0 Å². The van der Waals surface area contributed by atoms with Gasteiger partial charge in [-0.3, -0.25) is 4.68 Å². The van der Waals surface area contributed by atoms with Gasteiger partial charge in [0.15, 0.2) is 0 Å². The van der Waals surface area contributed by atoms with E-state index in [0.29, 0.717) is 5.82 Å². The molecule has 1 heterocycles. The van der Waals surface area contributed by atoms with Crippen LogP contribution in [-0.2, 0) is 7.05 Å². The number of nitrogens with zero attached hydrogens (tertiary/aromatic N) is 2. The van der Waals surface area contributed by atoms with E-state index in [-0.39, 0.29) is 0 Å². The number of aromatic nitrogens is 2. The second-order valence-electron chi connectivity index (χ2n) is 3.48. The zero-order chi connectivity index (χ0) is 11.0. The monoisotopic (exact) mass is 313 g/mol. The average Bonchev–Trinajstić information content (AvgIpc) is 2.44. The normalized spacial score (nSPS) is 10.6. The minimum absolute atomic E-state index is 0.716. The number of hydrogen-bond acceptors (Lipinski definition) is 2. The number of nitrogens with two attached hydrogens (primary N) is 1. The zero-order valence-corrected chi connectivity index (χ0v) is 10.8. The highest BCUT2D eigenvalue weighted by Crippen LogP contribution is 2.28. The van der Waals surface area contributed by atoms with Crippen LogP contribution >= 0.6 is 22.6 Å². The smallest absolute Gasteiger partial charge is 0.129 e. The van der Waals surface area contributed by atoms with E-state index >= 15 is 0 Å². The molecule has 0 bridgehead atoms. The molecule has 2 N–H and O–H groups in total. The van der Waals surface area contributed by atoms with Gasteiger partial charge in [-0.05, 0) is 47.2 Å². The zero-order valence-electron chi connectivity index (χ0n) is 8.66. The maximum Gasteiger partial charge on any atom is 0.129 e. The number of benzene rings is 1. The Balaban J connectivity index is 2.58. The Morgan fingerprint density at radius 3 is 2.33 bits per heavy atom. The number of anilines is 1. The van der Waals surface area contributed by atoms with Crippen molar-refractivity contribution in [2.45, 2.75) is 6.92 Å². The third kappa shape index (κ3) is 1.86. The van der Waals surface area contributed by atoms with Crippen LogP contribution in [0.1, 0.15) is 5.69 Å². The summed E-state index contributed by atoms with van der Waals surface area (Å²) in [7, 11) is 1.86. The third-order valence-electron chi connectivity index (χ3n) is 2.40. The van der Waals surface area contributed by atoms with Crippen LogP contribution < -0.4 is 5.73 Å². The van der Waals surface area contributed by atoms with Crippen molar-refractivity contribution in [2.75, 3.05) is 5.73 Å². The quantitative estimate of drug-likeness (QED) is 0.823. The predicted molar refractivity (Wildman–Crippen MR) is 70.5 cm³/mol. The van der Waals surface area contributed by atoms with Gasteiger partial charge < -0.3 is 5.73 Å². The van der Waals surface area contributed by atoms with Gasteiger partial charge >= 0.3 is 0 Å². The molecule has 1 aromatic carbocycles. The van der Waals surface area contributed by atoms with Crippen LogP contribution in [0.15, 0.2) is 24.3 Å². The van der Waals surface area contributed by atoms with E-state index in [1.54, 1.807) is 4.68 Å². The molecule has 0 fully saturated rings. The lowest BCUT2D eigenvalue weighted by molar-refractivity contribution is 0.767. The largest absolute Gasteiger partial charge is 0.383 e. The number of rotatable bonds is 1. The molecule has 0 atom stereocenters. The van der Waals surface area contributed by atoms with Crippen LogP contribution in [0.3, 0.4) is 0 Å². The summed E-state index contributed by atoms with van der Waals surface area (Å²) in [5, 5.41) is 4.30. The Bertz CT molecular complexity index is 485. The first-order valence-electron chi connectivity index (χ1n) is 4.64. The highest BCUT2D eigenvalue weighted by molar-refractivity contribution is 14.1. The topological polar surface area (TPSA) is 43.8 Å². The molecule has 15 heavy (non-hydrogen) atoms. The van der Waals surface area contributed by atoms with Gasteiger partial charge in [0.1, 0.15) is 5.82 Å². The molecule has 0 aliphatic rings. The molecule has 0 saturated heterocycles. The third-order valence-corrected chi connectivity index (χ3v) is 3.12. The lowest BCUT2D eigenvalue weighted by atomic mass is 10.1. The van der Waals surface area contributed by atoms with Gasteiger partial charge in [0.2, 0.25) is 0 Å². The summed E-state index contributed by atoms with van der Waals surface area (Å²) >= 11 is 2.29. The second kappa shape index (κ2) is 3.84. The molecule has 0 saturated carbocycles. The maximum atomic E-state index is 5.97. The summed E-state index contributed by atoms with van der Waals surface area (Å²) in [6.45, 7) is 1.98. The van der Waals surface area contributed by atoms with E-state index in [1.165, 1.54) is 3.57 Å². The molecule has 0 radical (unpaired) electrons. The van der Waals surface area contributed by atoms with Crippen LogP contribution in [0, 0.1) is 10.5 Å². The van der Waals surface area contributed by atoms with Gasteiger partial charge in [0.05, 0.1) is 5.69 Å². The molecule has 0 spiro atoms. The van der Waals surface area contributed by atoms with E-state index < -0.39 is 0 Å². The highest BCUT2D eigenvalue weighted by atomic mass is 127. The van der Waals surface area contributed by atoms with Crippen molar-refractivity contribution in [1.29, 1.82) is 0 Å². The number of hydrogen-bond donors (Lipinski definition) is 1. The number of nitrogen functional groups attached to an aromatic ring is 1. The molecular formula is C11H12IN3. The van der Waals surface area contributed by atoms with Crippen molar-refractivity contribution in [1.82, 2.24) is 9.78 Å². The van der Waals surface area contributed by atoms with Gasteiger partial charge in [-0.2, -0.15) is 5.10 Å². The van der Waals surface area contributed by atoms with Gasteiger partial charge in [-0.25, -0.2) is 0 Å². The van der Waals surface area contributed by atoms with Gasteiger partial charge in [0.25, 0.3) is 0 Å². The molecule has 78 valence electrons. The van der Waals surface area contributed by atoms with Crippen LogP contribution in [-0.4, -0.2) is 9.78 Å². The Labute approximate surface area is 102 Å². The van der Waals surface area contributed by atoms with Crippen molar-refractivity contribution in [3.8, 4) is 11.1 Å². The maximum absolute atomic E-state index is 5.97. The highest BCUT2D eigenvalue weighted by Gasteiger charge is 2.11. The minimum atomic E-state index is 0.716. The summed E-state index contributed by atoms with van der Waals surface area (Å²) in [6, 6.07) is 8.29. The molecule has 0 aliphatic carbocycles. The summed E-state index contributed by atoms with van der Waals surface area (Å²) < 4.78 is 2.93. The van der Waals surface area contributed by atoms with Gasteiger partial charge in [-0.15, -0.1) is 0 Å². The first kappa shape index (κ1) is 10.5. The minimum Gasteiger partial charge on any atom is -0.383 e. The van der Waals surface area contributed by atoms with Crippen molar-refractivity contribution in [2.24, 2.45) is 7.05 Å². The average molecular weight is 313 g/mol. The number of aryl methyl sites for hydroxylation is 2. The molecule has 0 unspecified atom stereocenters. The summed E-state index contributed by atoms with van der Waals surface area (Å²) in [5.41, 5.74) is 9.10. The lowest BCUT2D eigenvalue weighted by Gasteiger charge is -2.02. The Morgan fingerprint density at radius 1 is 1.27 bits per heavy atom.